The van der Waals surface area contributed by atoms with Crippen LogP contribution in [0, 0.1) is 0 Å². The molecule has 5 heteroatoms. The van der Waals surface area contributed by atoms with Crippen LogP contribution in [-0.2, 0) is 0 Å². The van der Waals surface area contributed by atoms with E-state index in [9.17, 15) is 9.90 Å². The van der Waals surface area contributed by atoms with Crippen LogP contribution >= 0.6 is 0 Å². The molecule has 0 saturated carbocycles. The van der Waals surface area contributed by atoms with E-state index in [-0.39, 0.29) is 11.3 Å². The minimum Gasteiger partial charge on any atom is -0.507 e. The van der Waals surface area contributed by atoms with E-state index in [2.05, 4.69) is 10.5 Å². The van der Waals surface area contributed by atoms with Gasteiger partial charge in [0.15, 0.2) is 0 Å². The predicted octanol–water partition coefficient (Wildman–Crippen LogP) is 1.53. The molecule has 0 unspecified atom stereocenters. The van der Waals surface area contributed by atoms with Crippen LogP contribution in [0.1, 0.15) is 24.2 Å². The molecule has 0 aliphatic heterocycles. The number of hydrogen-bond donors (Lipinski definition) is 2. The van der Waals surface area contributed by atoms with Gasteiger partial charge in [-0.2, -0.15) is 5.10 Å². The largest absolute Gasteiger partial charge is 0.507 e. The average Bonchev–Trinajstić information content (AvgIpc) is 2.26. The Bertz CT molecular complexity index is 423. The van der Waals surface area contributed by atoms with E-state index in [0.717, 1.165) is 5.71 Å². The lowest BCUT2D eigenvalue weighted by atomic mass is 10.2. The zero-order valence-electron chi connectivity index (χ0n) is 9.44. The highest BCUT2D eigenvalue weighted by molar-refractivity contribution is 5.97. The van der Waals surface area contributed by atoms with Crippen molar-refractivity contribution < 1.29 is 14.6 Å². The second-order valence-electron chi connectivity index (χ2n) is 3.38. The van der Waals surface area contributed by atoms with Gasteiger partial charge in [0, 0.05) is 5.71 Å². The summed E-state index contributed by atoms with van der Waals surface area (Å²) in [5, 5.41) is 13.3. The molecule has 1 aromatic carbocycles. The lowest BCUT2D eigenvalue weighted by Crippen LogP contribution is -2.18. The van der Waals surface area contributed by atoms with E-state index in [1.165, 1.54) is 19.2 Å². The molecular formula is C11H14N2O3. The molecule has 0 fully saturated rings. The number of nitrogens with one attached hydrogen (secondary N) is 1. The van der Waals surface area contributed by atoms with Gasteiger partial charge >= 0.3 is 0 Å². The fourth-order valence-corrected chi connectivity index (χ4v) is 1.05. The minimum atomic E-state index is -0.474. The molecule has 0 bridgehead atoms. The number of carbonyl (C=O) groups excluding carboxylic acids is 1. The number of rotatable bonds is 3. The number of carbonyl (C=O) groups is 1. The Kier molecular flexibility index (Phi) is 3.88. The summed E-state index contributed by atoms with van der Waals surface area (Å²) in [4.78, 5) is 11.6. The van der Waals surface area contributed by atoms with Gasteiger partial charge in [0.25, 0.3) is 5.91 Å². The van der Waals surface area contributed by atoms with E-state index in [1.807, 2.05) is 0 Å². The van der Waals surface area contributed by atoms with Gasteiger partial charge in [-0.3, -0.25) is 4.79 Å². The standard InChI is InChI=1S/C11H14N2O3/c1-7(2)12-13-11(15)9-6-8(16-3)4-5-10(9)14/h4-6,14H,1-3H3,(H,13,15). The summed E-state index contributed by atoms with van der Waals surface area (Å²) in [5.74, 6) is -0.0833. The zero-order valence-corrected chi connectivity index (χ0v) is 9.44. The van der Waals surface area contributed by atoms with Crippen molar-refractivity contribution in [2.75, 3.05) is 7.11 Å². The molecule has 0 aromatic heterocycles. The summed E-state index contributed by atoms with van der Waals surface area (Å²) in [6, 6.07) is 4.42. The van der Waals surface area contributed by atoms with E-state index in [4.69, 9.17) is 4.74 Å². The molecule has 1 rings (SSSR count). The quantitative estimate of drug-likeness (QED) is 0.601. The van der Waals surface area contributed by atoms with Crippen molar-refractivity contribution in [3.8, 4) is 11.5 Å². The fourth-order valence-electron chi connectivity index (χ4n) is 1.05. The molecule has 1 aromatic rings. The summed E-state index contributed by atoms with van der Waals surface area (Å²) in [6.07, 6.45) is 0. The second-order valence-corrected chi connectivity index (χ2v) is 3.38. The molecule has 16 heavy (non-hydrogen) atoms. The SMILES string of the molecule is COc1ccc(O)c(C(=O)NN=C(C)C)c1. The third kappa shape index (κ3) is 2.98. The second kappa shape index (κ2) is 5.16. The smallest absolute Gasteiger partial charge is 0.275 e. The predicted molar refractivity (Wildman–Crippen MR) is 60.9 cm³/mol. The topological polar surface area (TPSA) is 70.9 Å². The van der Waals surface area contributed by atoms with Gasteiger partial charge in [-0.25, -0.2) is 5.43 Å². The molecule has 86 valence electrons. The number of benzene rings is 1. The van der Waals surface area contributed by atoms with E-state index in [1.54, 1.807) is 19.9 Å². The van der Waals surface area contributed by atoms with Crippen LogP contribution in [0.2, 0.25) is 0 Å². The highest BCUT2D eigenvalue weighted by Gasteiger charge is 2.11. The first kappa shape index (κ1) is 12.0. The first-order valence-corrected chi connectivity index (χ1v) is 4.73. The molecule has 0 aliphatic carbocycles. The number of phenols is 1. The maximum absolute atomic E-state index is 11.6. The first-order valence-electron chi connectivity index (χ1n) is 4.73. The number of hydrogen-bond acceptors (Lipinski definition) is 4. The summed E-state index contributed by atoms with van der Waals surface area (Å²) in [5.41, 5.74) is 3.17. The summed E-state index contributed by atoms with van der Waals surface area (Å²) >= 11 is 0. The van der Waals surface area contributed by atoms with Crippen molar-refractivity contribution in [3.05, 3.63) is 23.8 Å². The molecule has 0 spiro atoms. The number of aromatic hydroxyl groups is 1. The van der Waals surface area contributed by atoms with E-state index in [0.29, 0.717) is 5.75 Å². The molecule has 0 heterocycles. The van der Waals surface area contributed by atoms with Crippen LogP contribution < -0.4 is 10.2 Å². The van der Waals surface area contributed by atoms with Crippen molar-refractivity contribution in [2.24, 2.45) is 5.10 Å². The molecule has 2 N–H and O–H groups in total. The number of hydrazone groups is 1. The lowest BCUT2D eigenvalue weighted by Gasteiger charge is -2.05. The Morgan fingerprint density at radius 2 is 2.12 bits per heavy atom. The average molecular weight is 222 g/mol. The normalized spacial score (nSPS) is 9.44. The van der Waals surface area contributed by atoms with Crippen LogP contribution in [0.3, 0.4) is 0 Å². The molecular weight excluding hydrogens is 208 g/mol. The third-order valence-corrected chi connectivity index (χ3v) is 1.83. The summed E-state index contributed by atoms with van der Waals surface area (Å²) < 4.78 is 4.96. The summed E-state index contributed by atoms with van der Waals surface area (Å²) in [6.45, 7) is 3.51. The van der Waals surface area contributed by atoms with Gasteiger partial charge in [-0.1, -0.05) is 0 Å². The molecule has 5 nitrogen and oxygen atoms in total. The van der Waals surface area contributed by atoms with Gasteiger partial charge in [-0.15, -0.1) is 0 Å². The molecule has 1 amide bonds. The van der Waals surface area contributed by atoms with Crippen molar-refractivity contribution in [1.82, 2.24) is 5.43 Å². The van der Waals surface area contributed by atoms with Crippen molar-refractivity contribution in [2.45, 2.75) is 13.8 Å². The molecule has 0 aliphatic rings. The Morgan fingerprint density at radius 1 is 1.44 bits per heavy atom. The van der Waals surface area contributed by atoms with Crippen LogP contribution in [0.25, 0.3) is 0 Å². The van der Waals surface area contributed by atoms with Crippen LogP contribution in [0.4, 0.5) is 0 Å². The van der Waals surface area contributed by atoms with Gasteiger partial charge in [0.2, 0.25) is 0 Å². The summed E-state index contributed by atoms with van der Waals surface area (Å²) in [7, 11) is 1.49. The molecule has 0 radical (unpaired) electrons. The van der Waals surface area contributed by atoms with Gasteiger partial charge in [-0.05, 0) is 32.0 Å². The maximum atomic E-state index is 11.6. The minimum absolute atomic E-state index is 0.109. The van der Waals surface area contributed by atoms with E-state index >= 15 is 0 Å². The number of amides is 1. The molecule has 0 saturated heterocycles. The highest BCUT2D eigenvalue weighted by Crippen LogP contribution is 2.22. The number of phenolic OH excluding ortho intramolecular Hbond substituents is 1. The van der Waals surface area contributed by atoms with Gasteiger partial charge < -0.3 is 9.84 Å². The van der Waals surface area contributed by atoms with E-state index < -0.39 is 5.91 Å². The van der Waals surface area contributed by atoms with Crippen LogP contribution in [0.15, 0.2) is 23.3 Å². The van der Waals surface area contributed by atoms with Crippen molar-refractivity contribution in [1.29, 1.82) is 0 Å². The van der Waals surface area contributed by atoms with Crippen molar-refractivity contribution >= 4 is 11.6 Å². The number of nitrogens with zero attached hydrogens (tertiary/aromatic N) is 1. The number of methoxy groups -OCH3 is 1. The fraction of sp³-hybridized carbons (Fsp3) is 0.273. The highest BCUT2D eigenvalue weighted by atomic mass is 16.5. The monoisotopic (exact) mass is 222 g/mol. The maximum Gasteiger partial charge on any atom is 0.275 e. The Morgan fingerprint density at radius 3 is 2.69 bits per heavy atom. The third-order valence-electron chi connectivity index (χ3n) is 1.83. The van der Waals surface area contributed by atoms with Gasteiger partial charge in [0.05, 0.1) is 12.7 Å². The Labute approximate surface area is 93.7 Å². The Balaban J connectivity index is 2.94. The van der Waals surface area contributed by atoms with Crippen LogP contribution in [-0.4, -0.2) is 23.8 Å². The van der Waals surface area contributed by atoms with Crippen LogP contribution in [0.5, 0.6) is 11.5 Å². The lowest BCUT2D eigenvalue weighted by molar-refractivity contribution is 0.0951. The first-order chi connectivity index (χ1) is 7.54. The van der Waals surface area contributed by atoms with Gasteiger partial charge in [0.1, 0.15) is 11.5 Å². The molecule has 0 atom stereocenters. The number of ether oxygens (including phenoxy) is 1. The van der Waals surface area contributed by atoms with Crippen molar-refractivity contribution in [3.63, 3.8) is 0 Å². The zero-order chi connectivity index (χ0) is 12.1. The Hall–Kier alpha value is -2.04.